The van der Waals surface area contributed by atoms with Crippen LogP contribution in [0.4, 0.5) is 0 Å². The lowest BCUT2D eigenvalue weighted by atomic mass is 10.1. The summed E-state index contributed by atoms with van der Waals surface area (Å²) in [6.07, 6.45) is 2.61. The van der Waals surface area contributed by atoms with Gasteiger partial charge in [0.15, 0.2) is 0 Å². The number of hydrogen-bond donors (Lipinski definition) is 1. The van der Waals surface area contributed by atoms with E-state index in [2.05, 4.69) is 10.1 Å². The van der Waals surface area contributed by atoms with E-state index in [0.29, 0.717) is 12.6 Å². The molecule has 1 heterocycles. The van der Waals surface area contributed by atoms with Gasteiger partial charge in [0.05, 0.1) is 13.5 Å². The second kappa shape index (κ2) is 6.40. The number of rotatable bonds is 5. The number of carbonyl (C=O) groups excluding carboxylic acids is 1. The first kappa shape index (κ1) is 12.9. The molecule has 4 nitrogen and oxygen atoms in total. The Bertz CT molecular complexity index is 400. The lowest BCUT2D eigenvalue weighted by Crippen LogP contribution is -2.28. The Labute approximate surface area is 107 Å². The van der Waals surface area contributed by atoms with Crippen LogP contribution < -0.4 is 10.1 Å². The van der Waals surface area contributed by atoms with Crippen LogP contribution >= 0.6 is 0 Å². The molecule has 1 aliphatic heterocycles. The van der Waals surface area contributed by atoms with Gasteiger partial charge in [-0.3, -0.25) is 4.79 Å². The van der Waals surface area contributed by atoms with Crippen LogP contribution in [0.2, 0.25) is 0 Å². The summed E-state index contributed by atoms with van der Waals surface area (Å²) >= 11 is 0. The molecule has 0 amide bonds. The van der Waals surface area contributed by atoms with Crippen LogP contribution in [-0.4, -0.2) is 32.3 Å². The van der Waals surface area contributed by atoms with E-state index < -0.39 is 0 Å². The fourth-order valence-electron chi connectivity index (χ4n) is 2.11. The van der Waals surface area contributed by atoms with Crippen LogP contribution in [0.1, 0.15) is 18.4 Å². The Morgan fingerprint density at radius 2 is 2.28 bits per heavy atom. The maximum absolute atomic E-state index is 11.3. The van der Waals surface area contributed by atoms with Crippen molar-refractivity contribution in [3.63, 3.8) is 0 Å². The van der Waals surface area contributed by atoms with Crippen molar-refractivity contribution >= 4 is 5.97 Å². The smallest absolute Gasteiger partial charge is 0.310 e. The standard InChI is InChI=1S/C14H19NO3/c1-17-14(16)9-11-5-2-3-7-13(11)18-10-12-6-4-8-15-12/h2-3,5,7,12,15H,4,6,8-10H2,1H3/t12-/m0/s1. The molecular formula is C14H19NO3. The van der Waals surface area contributed by atoms with Crippen LogP contribution in [0.5, 0.6) is 5.75 Å². The number of benzene rings is 1. The molecule has 0 saturated carbocycles. The zero-order valence-corrected chi connectivity index (χ0v) is 10.6. The summed E-state index contributed by atoms with van der Waals surface area (Å²) in [5.74, 6) is 0.529. The fourth-order valence-corrected chi connectivity index (χ4v) is 2.11. The number of methoxy groups -OCH3 is 1. The van der Waals surface area contributed by atoms with Gasteiger partial charge in [0.1, 0.15) is 12.4 Å². The molecular weight excluding hydrogens is 230 g/mol. The van der Waals surface area contributed by atoms with E-state index >= 15 is 0 Å². The molecule has 1 aromatic rings. The highest BCUT2D eigenvalue weighted by molar-refractivity contribution is 5.73. The van der Waals surface area contributed by atoms with Crippen LogP contribution in [0.15, 0.2) is 24.3 Å². The van der Waals surface area contributed by atoms with Crippen LogP contribution in [-0.2, 0) is 16.0 Å². The van der Waals surface area contributed by atoms with Crippen molar-refractivity contribution in [1.82, 2.24) is 5.32 Å². The second-order valence-electron chi connectivity index (χ2n) is 4.46. The van der Waals surface area contributed by atoms with Gasteiger partial charge in [0.25, 0.3) is 0 Å². The minimum Gasteiger partial charge on any atom is -0.492 e. The fraction of sp³-hybridized carbons (Fsp3) is 0.500. The van der Waals surface area contributed by atoms with E-state index in [0.717, 1.165) is 24.3 Å². The van der Waals surface area contributed by atoms with E-state index in [9.17, 15) is 4.79 Å². The maximum Gasteiger partial charge on any atom is 0.310 e. The molecule has 1 saturated heterocycles. The first-order chi connectivity index (χ1) is 8.79. The van der Waals surface area contributed by atoms with Gasteiger partial charge >= 0.3 is 5.97 Å². The molecule has 4 heteroatoms. The second-order valence-corrected chi connectivity index (χ2v) is 4.46. The Balaban J connectivity index is 1.95. The molecule has 2 rings (SSSR count). The maximum atomic E-state index is 11.3. The number of ether oxygens (including phenoxy) is 2. The summed E-state index contributed by atoms with van der Waals surface area (Å²) in [7, 11) is 1.40. The van der Waals surface area contributed by atoms with Crippen molar-refractivity contribution in [2.24, 2.45) is 0 Å². The monoisotopic (exact) mass is 249 g/mol. The van der Waals surface area contributed by atoms with Crippen molar-refractivity contribution in [2.75, 3.05) is 20.3 Å². The Morgan fingerprint density at radius 1 is 1.44 bits per heavy atom. The summed E-state index contributed by atoms with van der Waals surface area (Å²) < 4.78 is 10.5. The van der Waals surface area contributed by atoms with Gasteiger partial charge in [0.2, 0.25) is 0 Å². The summed E-state index contributed by atoms with van der Waals surface area (Å²) in [5, 5.41) is 3.38. The minimum absolute atomic E-state index is 0.245. The van der Waals surface area contributed by atoms with E-state index in [-0.39, 0.29) is 12.4 Å². The molecule has 0 spiro atoms. The zero-order valence-electron chi connectivity index (χ0n) is 10.6. The average molecular weight is 249 g/mol. The van der Waals surface area contributed by atoms with E-state index in [1.54, 1.807) is 0 Å². The van der Waals surface area contributed by atoms with Crippen molar-refractivity contribution in [3.8, 4) is 5.75 Å². The lowest BCUT2D eigenvalue weighted by molar-refractivity contribution is -0.139. The third-order valence-electron chi connectivity index (χ3n) is 3.14. The summed E-state index contributed by atoms with van der Waals surface area (Å²) in [6.45, 7) is 1.72. The number of nitrogens with one attached hydrogen (secondary N) is 1. The molecule has 1 aromatic carbocycles. The van der Waals surface area contributed by atoms with E-state index in [4.69, 9.17) is 4.74 Å². The predicted octanol–water partition coefficient (Wildman–Crippen LogP) is 1.53. The number of esters is 1. The van der Waals surface area contributed by atoms with Gasteiger partial charge in [-0.1, -0.05) is 18.2 Å². The largest absolute Gasteiger partial charge is 0.492 e. The van der Waals surface area contributed by atoms with Gasteiger partial charge in [-0.15, -0.1) is 0 Å². The van der Waals surface area contributed by atoms with Crippen LogP contribution in [0, 0.1) is 0 Å². The summed E-state index contributed by atoms with van der Waals surface area (Å²) in [5.41, 5.74) is 0.877. The Hall–Kier alpha value is -1.55. The van der Waals surface area contributed by atoms with Crippen molar-refractivity contribution in [3.05, 3.63) is 29.8 Å². The van der Waals surface area contributed by atoms with Crippen molar-refractivity contribution in [2.45, 2.75) is 25.3 Å². The normalized spacial score (nSPS) is 18.6. The van der Waals surface area contributed by atoms with Gasteiger partial charge < -0.3 is 14.8 Å². The Kier molecular flexibility index (Phi) is 4.59. The first-order valence-electron chi connectivity index (χ1n) is 6.30. The van der Waals surface area contributed by atoms with Crippen LogP contribution in [0.25, 0.3) is 0 Å². The number of para-hydroxylation sites is 1. The zero-order chi connectivity index (χ0) is 12.8. The third kappa shape index (κ3) is 3.47. The summed E-state index contributed by atoms with van der Waals surface area (Å²) in [4.78, 5) is 11.3. The van der Waals surface area contributed by atoms with Crippen LogP contribution in [0.3, 0.4) is 0 Å². The molecule has 1 atom stereocenters. The molecule has 18 heavy (non-hydrogen) atoms. The topological polar surface area (TPSA) is 47.6 Å². The van der Waals surface area contributed by atoms with Gasteiger partial charge in [0, 0.05) is 11.6 Å². The van der Waals surface area contributed by atoms with Crippen molar-refractivity contribution in [1.29, 1.82) is 0 Å². The molecule has 0 unspecified atom stereocenters. The Morgan fingerprint density at radius 3 is 3.00 bits per heavy atom. The molecule has 0 aromatic heterocycles. The highest BCUT2D eigenvalue weighted by Crippen LogP contribution is 2.19. The molecule has 0 bridgehead atoms. The molecule has 0 radical (unpaired) electrons. The van der Waals surface area contributed by atoms with Gasteiger partial charge in [-0.25, -0.2) is 0 Å². The predicted molar refractivity (Wildman–Crippen MR) is 68.7 cm³/mol. The van der Waals surface area contributed by atoms with Gasteiger partial charge in [-0.05, 0) is 25.5 Å². The van der Waals surface area contributed by atoms with Crippen molar-refractivity contribution < 1.29 is 14.3 Å². The lowest BCUT2D eigenvalue weighted by Gasteiger charge is -2.14. The molecule has 1 N–H and O–H groups in total. The minimum atomic E-state index is -0.245. The quantitative estimate of drug-likeness (QED) is 0.804. The molecule has 1 fully saturated rings. The summed E-state index contributed by atoms with van der Waals surface area (Å²) in [6, 6.07) is 8.04. The first-order valence-corrected chi connectivity index (χ1v) is 6.30. The highest BCUT2D eigenvalue weighted by atomic mass is 16.5. The van der Waals surface area contributed by atoms with Gasteiger partial charge in [-0.2, -0.15) is 0 Å². The average Bonchev–Trinajstić information content (AvgIpc) is 2.91. The highest BCUT2D eigenvalue weighted by Gasteiger charge is 2.15. The SMILES string of the molecule is COC(=O)Cc1ccccc1OC[C@@H]1CCCN1. The van der Waals surface area contributed by atoms with E-state index in [1.165, 1.54) is 13.5 Å². The molecule has 0 aliphatic carbocycles. The van der Waals surface area contributed by atoms with E-state index in [1.807, 2.05) is 24.3 Å². The third-order valence-corrected chi connectivity index (χ3v) is 3.14. The number of carbonyl (C=O) groups is 1. The molecule has 98 valence electrons. The molecule has 1 aliphatic rings. The number of hydrogen-bond acceptors (Lipinski definition) is 4.